The third-order valence-corrected chi connectivity index (χ3v) is 6.29. The maximum atomic E-state index is 12.8. The number of carbonyl (C=O) groups excluding carboxylic acids is 2. The van der Waals surface area contributed by atoms with Crippen LogP contribution in [0.25, 0.3) is 0 Å². The molecule has 1 saturated carbocycles. The van der Waals surface area contributed by atoms with Crippen molar-refractivity contribution in [3.63, 3.8) is 0 Å². The molecule has 1 N–H and O–H groups in total. The molecule has 2 aliphatic carbocycles. The van der Waals surface area contributed by atoms with Crippen LogP contribution in [0.4, 0.5) is 0 Å². The Kier molecular flexibility index (Phi) is 5.65. The van der Waals surface area contributed by atoms with Gasteiger partial charge in [-0.05, 0) is 56.1 Å². The summed E-state index contributed by atoms with van der Waals surface area (Å²) in [6, 6.07) is 10.1. The number of rotatable bonds is 3. The van der Waals surface area contributed by atoms with Crippen molar-refractivity contribution in [2.75, 3.05) is 0 Å². The Hall–Kier alpha value is -2.36. The minimum absolute atomic E-state index is 0.000275. The second kappa shape index (κ2) is 8.34. The van der Waals surface area contributed by atoms with Gasteiger partial charge in [0.05, 0.1) is 0 Å². The van der Waals surface area contributed by atoms with Gasteiger partial charge in [0.2, 0.25) is 0 Å². The van der Waals surface area contributed by atoms with E-state index in [2.05, 4.69) is 17.1 Å². The summed E-state index contributed by atoms with van der Waals surface area (Å²) < 4.78 is 5.84. The summed E-state index contributed by atoms with van der Waals surface area (Å²) in [6.45, 7) is 1.87. The molecule has 148 valence electrons. The molecule has 0 amide bonds. The number of Topliss-reactive ketones (excluding diaryl/α,β-unsaturated/α-hetero) is 1. The van der Waals surface area contributed by atoms with E-state index in [1.54, 1.807) is 0 Å². The molecule has 4 nitrogen and oxygen atoms in total. The first-order chi connectivity index (χ1) is 13.6. The topological polar surface area (TPSA) is 59.2 Å². The van der Waals surface area contributed by atoms with Crippen LogP contribution in [0.15, 0.2) is 30.3 Å². The molecule has 1 fully saturated rings. The SMILES string of the molecule is Cc1c(C(=O)OC2CCCCCCC2)[nH]c2c1C(=O)C[C@H](c1ccccc1)C2. The molecule has 4 rings (SSSR count). The molecule has 0 aliphatic heterocycles. The fourth-order valence-corrected chi connectivity index (χ4v) is 4.75. The van der Waals surface area contributed by atoms with Crippen molar-refractivity contribution in [3.05, 3.63) is 58.4 Å². The second-order valence-electron chi connectivity index (χ2n) is 8.29. The fourth-order valence-electron chi connectivity index (χ4n) is 4.75. The Balaban J connectivity index is 1.52. The van der Waals surface area contributed by atoms with Crippen LogP contribution in [0, 0.1) is 6.92 Å². The van der Waals surface area contributed by atoms with E-state index >= 15 is 0 Å². The van der Waals surface area contributed by atoms with Gasteiger partial charge in [-0.15, -0.1) is 0 Å². The number of ketones is 1. The standard InChI is InChI=1S/C24H29NO3/c1-16-22-20(14-18(15-21(22)26)17-10-6-5-7-11-17)25-23(16)24(27)28-19-12-8-3-2-4-9-13-19/h5-7,10-11,18-19,25H,2-4,8-9,12-15H2,1H3/t18-/m1/s1. The highest BCUT2D eigenvalue weighted by molar-refractivity contribution is 6.03. The zero-order chi connectivity index (χ0) is 19.5. The molecule has 4 heteroatoms. The molecule has 2 aromatic rings. The number of aromatic nitrogens is 1. The van der Waals surface area contributed by atoms with Crippen molar-refractivity contribution in [3.8, 4) is 0 Å². The van der Waals surface area contributed by atoms with Gasteiger partial charge in [-0.25, -0.2) is 4.79 Å². The van der Waals surface area contributed by atoms with Gasteiger partial charge in [0.1, 0.15) is 11.8 Å². The molecule has 0 saturated heterocycles. The van der Waals surface area contributed by atoms with Crippen molar-refractivity contribution in [1.82, 2.24) is 4.98 Å². The summed E-state index contributed by atoms with van der Waals surface area (Å²) >= 11 is 0. The van der Waals surface area contributed by atoms with Crippen molar-refractivity contribution in [1.29, 1.82) is 0 Å². The molecule has 0 bridgehead atoms. The predicted molar refractivity (Wildman–Crippen MR) is 109 cm³/mol. The van der Waals surface area contributed by atoms with Gasteiger partial charge >= 0.3 is 5.97 Å². The Labute approximate surface area is 166 Å². The van der Waals surface area contributed by atoms with Gasteiger partial charge in [0.25, 0.3) is 0 Å². The summed E-state index contributed by atoms with van der Waals surface area (Å²) in [5, 5.41) is 0. The van der Waals surface area contributed by atoms with Gasteiger partial charge in [0.15, 0.2) is 5.78 Å². The van der Waals surface area contributed by atoms with Crippen molar-refractivity contribution >= 4 is 11.8 Å². The molecule has 1 aromatic carbocycles. The highest BCUT2D eigenvalue weighted by atomic mass is 16.5. The molecule has 1 atom stereocenters. The lowest BCUT2D eigenvalue weighted by Gasteiger charge is -2.22. The first kappa shape index (κ1) is 19.0. The number of fused-ring (bicyclic) bond motifs is 1. The summed E-state index contributed by atoms with van der Waals surface area (Å²) in [4.78, 5) is 28.9. The van der Waals surface area contributed by atoms with E-state index in [0.717, 1.165) is 43.4 Å². The van der Waals surface area contributed by atoms with E-state index in [1.165, 1.54) is 24.8 Å². The van der Waals surface area contributed by atoms with Crippen LogP contribution in [0.5, 0.6) is 0 Å². The summed E-state index contributed by atoms with van der Waals surface area (Å²) in [5.74, 6) is -0.0240. The number of hydrogen-bond donors (Lipinski definition) is 1. The monoisotopic (exact) mass is 379 g/mol. The van der Waals surface area contributed by atoms with Crippen molar-refractivity contribution in [2.45, 2.75) is 76.7 Å². The van der Waals surface area contributed by atoms with Crippen LogP contribution in [-0.4, -0.2) is 22.8 Å². The molecule has 0 radical (unpaired) electrons. The number of H-pyrrole nitrogens is 1. The van der Waals surface area contributed by atoms with E-state index in [0.29, 0.717) is 17.7 Å². The van der Waals surface area contributed by atoms with Crippen LogP contribution in [-0.2, 0) is 11.2 Å². The minimum Gasteiger partial charge on any atom is -0.458 e. The van der Waals surface area contributed by atoms with Crippen LogP contribution >= 0.6 is 0 Å². The smallest absolute Gasteiger partial charge is 0.355 e. The summed E-state index contributed by atoms with van der Waals surface area (Å²) in [7, 11) is 0. The first-order valence-corrected chi connectivity index (χ1v) is 10.6. The van der Waals surface area contributed by atoms with Crippen LogP contribution in [0.1, 0.15) is 95.0 Å². The lowest BCUT2D eigenvalue weighted by Crippen LogP contribution is -2.20. The number of aromatic amines is 1. The zero-order valence-electron chi connectivity index (χ0n) is 16.6. The fraction of sp³-hybridized carbons (Fsp3) is 0.500. The number of hydrogen-bond acceptors (Lipinski definition) is 3. The van der Waals surface area contributed by atoms with E-state index < -0.39 is 0 Å². The number of nitrogens with one attached hydrogen (secondary N) is 1. The molecule has 0 unspecified atom stereocenters. The Morgan fingerprint density at radius 3 is 2.39 bits per heavy atom. The Morgan fingerprint density at radius 1 is 1.00 bits per heavy atom. The van der Waals surface area contributed by atoms with Gasteiger partial charge in [0, 0.05) is 17.7 Å². The molecule has 1 heterocycles. The lowest BCUT2D eigenvalue weighted by molar-refractivity contribution is 0.0232. The summed E-state index contributed by atoms with van der Waals surface area (Å²) in [6.07, 6.45) is 9.10. The molecule has 28 heavy (non-hydrogen) atoms. The van der Waals surface area contributed by atoms with Gasteiger partial charge in [-0.3, -0.25) is 4.79 Å². The first-order valence-electron chi connectivity index (χ1n) is 10.6. The maximum absolute atomic E-state index is 12.8. The number of ether oxygens (including phenoxy) is 1. The zero-order valence-corrected chi connectivity index (χ0v) is 16.6. The molecule has 2 aliphatic rings. The maximum Gasteiger partial charge on any atom is 0.355 e. The lowest BCUT2D eigenvalue weighted by atomic mass is 9.81. The molecule has 1 aromatic heterocycles. The number of benzene rings is 1. The highest BCUT2D eigenvalue weighted by Gasteiger charge is 2.32. The normalized spacial score (nSPS) is 20.9. The predicted octanol–water partition coefficient (Wildman–Crippen LogP) is 5.51. The van der Waals surface area contributed by atoms with E-state index in [4.69, 9.17) is 4.74 Å². The summed E-state index contributed by atoms with van der Waals surface area (Å²) in [5.41, 5.74) is 3.98. The molecule has 0 spiro atoms. The van der Waals surface area contributed by atoms with Gasteiger partial charge in [-0.1, -0.05) is 49.6 Å². The third-order valence-electron chi connectivity index (χ3n) is 6.29. The van der Waals surface area contributed by atoms with E-state index in [9.17, 15) is 9.59 Å². The molecular weight excluding hydrogens is 350 g/mol. The number of esters is 1. The Bertz CT molecular complexity index is 844. The van der Waals surface area contributed by atoms with Crippen LogP contribution < -0.4 is 0 Å². The number of carbonyl (C=O) groups is 2. The van der Waals surface area contributed by atoms with Crippen LogP contribution in [0.2, 0.25) is 0 Å². The van der Waals surface area contributed by atoms with E-state index in [-0.39, 0.29) is 23.8 Å². The third kappa shape index (κ3) is 3.91. The molecular formula is C24H29NO3. The van der Waals surface area contributed by atoms with E-state index in [1.807, 2.05) is 25.1 Å². The highest BCUT2D eigenvalue weighted by Crippen LogP contribution is 2.35. The van der Waals surface area contributed by atoms with Crippen LogP contribution in [0.3, 0.4) is 0 Å². The van der Waals surface area contributed by atoms with Gasteiger partial charge < -0.3 is 9.72 Å². The average molecular weight is 380 g/mol. The largest absolute Gasteiger partial charge is 0.458 e. The van der Waals surface area contributed by atoms with Gasteiger partial charge in [-0.2, -0.15) is 0 Å². The quantitative estimate of drug-likeness (QED) is 0.716. The van der Waals surface area contributed by atoms with Crippen molar-refractivity contribution < 1.29 is 14.3 Å². The Morgan fingerprint density at radius 2 is 1.68 bits per heavy atom. The second-order valence-corrected chi connectivity index (χ2v) is 8.29. The van der Waals surface area contributed by atoms with Crippen molar-refractivity contribution in [2.24, 2.45) is 0 Å². The minimum atomic E-state index is -0.304. The average Bonchev–Trinajstić information content (AvgIpc) is 3.01.